The smallest absolute Gasteiger partial charge is 0.271 e. The number of benzene rings is 2. The fraction of sp³-hybridized carbons (Fsp3) is 0.0476. The Balaban J connectivity index is 2.27. The second-order valence-corrected chi connectivity index (χ2v) is 6.16. The van der Waals surface area contributed by atoms with E-state index in [0.717, 1.165) is 0 Å². The molecule has 3 aromatic rings. The van der Waals surface area contributed by atoms with E-state index >= 15 is 0 Å². The number of hydrogen-bond donors (Lipinski definition) is 2. The molecule has 146 valence electrons. The van der Waals surface area contributed by atoms with Gasteiger partial charge >= 0.3 is 0 Å². The molecule has 9 nitrogen and oxygen atoms in total. The highest BCUT2D eigenvalue weighted by Crippen LogP contribution is 2.31. The van der Waals surface area contributed by atoms with Crippen LogP contribution < -0.4 is 11.5 Å². The molecule has 0 aliphatic rings. The van der Waals surface area contributed by atoms with E-state index in [2.05, 4.69) is 9.98 Å². The lowest BCUT2D eigenvalue weighted by Crippen LogP contribution is -2.19. The van der Waals surface area contributed by atoms with Crippen LogP contribution in [0, 0.1) is 32.8 Å². The van der Waals surface area contributed by atoms with Crippen molar-refractivity contribution in [2.45, 2.75) is 6.42 Å². The van der Waals surface area contributed by atoms with E-state index < -0.39 is 4.92 Å². The van der Waals surface area contributed by atoms with Gasteiger partial charge in [0.2, 0.25) is 0 Å². The first-order valence-corrected chi connectivity index (χ1v) is 8.70. The first kappa shape index (κ1) is 20.0. The summed E-state index contributed by atoms with van der Waals surface area (Å²) >= 11 is 0. The number of aliphatic imine (C=N–C) groups is 1. The van der Waals surface area contributed by atoms with Crippen LogP contribution >= 0.6 is 0 Å². The molecule has 0 unspecified atom stereocenters. The predicted molar refractivity (Wildman–Crippen MR) is 112 cm³/mol. The minimum atomic E-state index is -0.537. The number of amidine groups is 1. The zero-order valence-electron chi connectivity index (χ0n) is 15.6. The number of nitrogens with zero attached hydrogens (tertiary/aromatic N) is 5. The van der Waals surface area contributed by atoms with E-state index in [1.54, 1.807) is 30.3 Å². The summed E-state index contributed by atoms with van der Waals surface area (Å²) < 4.78 is 0. The zero-order chi connectivity index (χ0) is 21.7. The third-order valence-corrected chi connectivity index (χ3v) is 4.26. The van der Waals surface area contributed by atoms with Crippen molar-refractivity contribution in [2.75, 3.05) is 5.73 Å². The number of nitro groups is 1. The van der Waals surface area contributed by atoms with Gasteiger partial charge in [-0.2, -0.15) is 10.5 Å². The molecule has 1 aromatic heterocycles. The number of aromatic nitrogens is 1. The number of pyridine rings is 1. The van der Waals surface area contributed by atoms with Crippen molar-refractivity contribution in [3.05, 3.63) is 81.5 Å². The van der Waals surface area contributed by atoms with Crippen LogP contribution in [-0.2, 0) is 6.42 Å². The Morgan fingerprint density at radius 3 is 2.53 bits per heavy atom. The number of hydrogen-bond acceptors (Lipinski definition) is 7. The lowest BCUT2D eigenvalue weighted by Gasteiger charge is -2.15. The molecule has 0 atom stereocenters. The Morgan fingerprint density at radius 2 is 1.90 bits per heavy atom. The van der Waals surface area contributed by atoms with Crippen LogP contribution in [0.25, 0.3) is 11.3 Å². The van der Waals surface area contributed by atoms with Crippen molar-refractivity contribution in [1.29, 1.82) is 10.5 Å². The van der Waals surface area contributed by atoms with Gasteiger partial charge in [-0.15, -0.1) is 0 Å². The molecule has 9 heteroatoms. The molecule has 4 N–H and O–H groups in total. The number of nitrogens with two attached hydrogens (primary N) is 2. The third-order valence-electron chi connectivity index (χ3n) is 4.26. The summed E-state index contributed by atoms with van der Waals surface area (Å²) in [5.74, 6) is -0.0561. The molecule has 0 bridgehead atoms. The summed E-state index contributed by atoms with van der Waals surface area (Å²) in [5.41, 5.74) is 14.2. The molecular formula is C21H15N7O2. The van der Waals surface area contributed by atoms with Crippen LogP contribution in [0.5, 0.6) is 0 Å². The Bertz CT molecular complexity index is 1240. The van der Waals surface area contributed by atoms with Gasteiger partial charge in [0.05, 0.1) is 51.3 Å². The summed E-state index contributed by atoms with van der Waals surface area (Å²) in [6, 6.07) is 18.6. The van der Waals surface area contributed by atoms with Crippen molar-refractivity contribution in [2.24, 2.45) is 10.7 Å². The molecule has 0 amide bonds. The molecule has 3 rings (SSSR count). The van der Waals surface area contributed by atoms with E-state index in [-0.39, 0.29) is 46.1 Å². The van der Waals surface area contributed by atoms with E-state index in [0.29, 0.717) is 11.3 Å². The Labute approximate surface area is 171 Å². The monoisotopic (exact) mass is 397 g/mol. The van der Waals surface area contributed by atoms with Crippen LogP contribution in [0.4, 0.5) is 17.1 Å². The van der Waals surface area contributed by atoms with Crippen LogP contribution in [0.2, 0.25) is 0 Å². The van der Waals surface area contributed by atoms with E-state index in [1.165, 1.54) is 18.2 Å². The van der Waals surface area contributed by atoms with E-state index in [9.17, 15) is 15.4 Å². The normalized spacial score (nSPS) is 10.8. The van der Waals surface area contributed by atoms with E-state index in [4.69, 9.17) is 16.7 Å². The molecule has 0 radical (unpaired) electrons. The number of rotatable bonds is 5. The van der Waals surface area contributed by atoms with Gasteiger partial charge in [0, 0.05) is 17.7 Å². The number of anilines is 1. The van der Waals surface area contributed by atoms with Gasteiger partial charge in [0.1, 0.15) is 11.9 Å². The third kappa shape index (κ3) is 3.91. The van der Waals surface area contributed by atoms with E-state index in [1.807, 2.05) is 18.2 Å². The Hall–Kier alpha value is -4.76. The second kappa shape index (κ2) is 8.50. The van der Waals surface area contributed by atoms with Gasteiger partial charge < -0.3 is 11.5 Å². The molecule has 1 heterocycles. The van der Waals surface area contributed by atoms with Crippen molar-refractivity contribution in [1.82, 2.24) is 4.98 Å². The SMILES string of the molecule is N#CCc1nc(-c2ccccc2)c(C(N)=Nc2cccc([N+](=O)[O-])c2)c(N)c1C#N. The molecule has 0 fully saturated rings. The van der Waals surface area contributed by atoms with Crippen molar-refractivity contribution in [3.63, 3.8) is 0 Å². The maximum Gasteiger partial charge on any atom is 0.271 e. The topological polar surface area (TPSA) is 168 Å². The van der Waals surface area contributed by atoms with Crippen molar-refractivity contribution in [3.8, 4) is 23.4 Å². The largest absolute Gasteiger partial charge is 0.397 e. The summed E-state index contributed by atoms with van der Waals surface area (Å²) in [4.78, 5) is 19.2. The minimum Gasteiger partial charge on any atom is -0.397 e. The number of nitro benzene ring substituents is 1. The highest BCUT2D eigenvalue weighted by Gasteiger charge is 2.21. The average molecular weight is 397 g/mol. The highest BCUT2D eigenvalue weighted by molar-refractivity contribution is 6.09. The van der Waals surface area contributed by atoms with Gasteiger partial charge in [-0.1, -0.05) is 36.4 Å². The molecule has 2 aromatic carbocycles. The lowest BCUT2D eigenvalue weighted by atomic mass is 9.98. The van der Waals surface area contributed by atoms with Crippen LogP contribution in [0.15, 0.2) is 59.6 Å². The molecular weight excluding hydrogens is 382 g/mol. The maximum absolute atomic E-state index is 11.0. The summed E-state index contributed by atoms with van der Waals surface area (Å²) in [5, 5.41) is 29.7. The first-order valence-electron chi connectivity index (χ1n) is 8.70. The summed E-state index contributed by atoms with van der Waals surface area (Å²) in [6.07, 6.45) is -0.102. The second-order valence-electron chi connectivity index (χ2n) is 6.16. The Kier molecular flexibility index (Phi) is 5.66. The minimum absolute atomic E-state index is 0.0447. The molecule has 0 saturated carbocycles. The number of nitriles is 2. The Morgan fingerprint density at radius 1 is 1.17 bits per heavy atom. The standard InChI is InChI=1S/C21H15N7O2/c22-10-9-17-16(12-23)19(24)18(20(27-17)13-5-2-1-3-6-13)21(25)26-14-7-4-8-15(11-14)28(29)30/h1-8,11H,9H2,(H2,24,27)(H2,25,26). The van der Waals surface area contributed by atoms with Crippen LogP contribution in [0.1, 0.15) is 16.8 Å². The van der Waals surface area contributed by atoms with Crippen LogP contribution in [0.3, 0.4) is 0 Å². The molecule has 0 aliphatic carbocycles. The van der Waals surface area contributed by atoms with Crippen molar-refractivity contribution >= 4 is 22.9 Å². The van der Waals surface area contributed by atoms with Crippen molar-refractivity contribution < 1.29 is 4.92 Å². The first-order chi connectivity index (χ1) is 14.5. The number of nitrogen functional groups attached to an aromatic ring is 1. The maximum atomic E-state index is 11.0. The van der Waals surface area contributed by atoms with Gasteiger partial charge in [-0.3, -0.25) is 10.1 Å². The molecule has 0 saturated heterocycles. The highest BCUT2D eigenvalue weighted by atomic mass is 16.6. The predicted octanol–water partition coefficient (Wildman–Crippen LogP) is 3.21. The van der Waals surface area contributed by atoms with Gasteiger partial charge in [0.25, 0.3) is 5.69 Å². The van der Waals surface area contributed by atoms with Crippen LogP contribution in [-0.4, -0.2) is 15.7 Å². The molecule has 30 heavy (non-hydrogen) atoms. The number of non-ortho nitro benzene ring substituents is 1. The summed E-state index contributed by atoms with van der Waals surface area (Å²) in [6.45, 7) is 0. The fourth-order valence-corrected chi connectivity index (χ4v) is 2.92. The van der Waals surface area contributed by atoms with Gasteiger partial charge in [0.15, 0.2) is 0 Å². The molecule has 0 aliphatic heterocycles. The van der Waals surface area contributed by atoms with Gasteiger partial charge in [-0.25, -0.2) is 9.98 Å². The average Bonchev–Trinajstić information content (AvgIpc) is 2.74. The quantitative estimate of drug-likeness (QED) is 0.288. The summed E-state index contributed by atoms with van der Waals surface area (Å²) in [7, 11) is 0. The zero-order valence-corrected chi connectivity index (χ0v) is 15.6. The lowest BCUT2D eigenvalue weighted by molar-refractivity contribution is -0.384. The molecule has 0 spiro atoms. The van der Waals surface area contributed by atoms with Gasteiger partial charge in [-0.05, 0) is 6.07 Å². The fourth-order valence-electron chi connectivity index (χ4n) is 2.92.